The second-order valence-corrected chi connectivity index (χ2v) is 3.70. The number of rotatable bonds is 4. The number of aliphatic hydroxyl groups excluding tert-OH is 3. The van der Waals surface area contributed by atoms with Crippen LogP contribution >= 0.6 is 0 Å². The molecule has 0 aliphatic carbocycles. The fraction of sp³-hybridized carbons (Fsp3) is 0.700. The summed E-state index contributed by atoms with van der Waals surface area (Å²) < 4.78 is 9.48. The van der Waals surface area contributed by atoms with E-state index in [1.54, 1.807) is 0 Å². The highest BCUT2D eigenvalue weighted by atomic mass is 16.8. The first-order valence-electron chi connectivity index (χ1n) is 5.20. The average Bonchev–Trinajstić information content (AvgIpc) is 2.32. The molecule has 8 nitrogen and oxygen atoms in total. The number of carbonyl (C=O) groups is 1. The van der Waals surface area contributed by atoms with Gasteiger partial charge in [0.15, 0.2) is 0 Å². The molecule has 1 aliphatic heterocycles. The van der Waals surface area contributed by atoms with Gasteiger partial charge in [-0.25, -0.2) is 4.79 Å². The van der Waals surface area contributed by atoms with Crippen LogP contribution in [0.5, 0.6) is 0 Å². The Bertz CT molecular complexity index is 329. The van der Waals surface area contributed by atoms with Crippen LogP contribution in [-0.4, -0.2) is 70.4 Å². The summed E-state index contributed by atoms with van der Waals surface area (Å²) in [5, 5.41) is 39.5. The number of hydrogen-bond acceptors (Lipinski definition) is 7. The quantitative estimate of drug-likeness (QED) is 0.282. The molecule has 0 radical (unpaired) electrons. The molecule has 0 aromatic carbocycles. The van der Waals surface area contributed by atoms with Crippen LogP contribution in [0.15, 0.2) is 0 Å². The zero-order valence-electron chi connectivity index (χ0n) is 9.39. The van der Waals surface area contributed by atoms with Gasteiger partial charge in [-0.15, -0.1) is 6.42 Å². The standard InChI is InChI=1S/C10H15NO7/c1-2-3-11-6-8(14)7(13)5(4-12)17-9(6)18-10(15)16/h1,5-9,11-14H,3-4H2,(H,15,16)/t5-,6+,7-,8-,9?/m1/s1. The van der Waals surface area contributed by atoms with Crippen molar-refractivity contribution >= 4 is 6.16 Å². The summed E-state index contributed by atoms with van der Waals surface area (Å²) in [6.07, 6.45) is -1.83. The highest BCUT2D eigenvalue weighted by Crippen LogP contribution is 2.22. The zero-order valence-corrected chi connectivity index (χ0v) is 9.39. The fourth-order valence-corrected chi connectivity index (χ4v) is 1.68. The third-order valence-electron chi connectivity index (χ3n) is 2.54. The minimum atomic E-state index is -1.60. The molecule has 18 heavy (non-hydrogen) atoms. The summed E-state index contributed by atoms with van der Waals surface area (Å²) in [6.45, 7) is -0.555. The van der Waals surface area contributed by atoms with E-state index in [-0.39, 0.29) is 6.54 Å². The number of carboxylic acid groups (broad SMARTS) is 1. The van der Waals surface area contributed by atoms with E-state index in [0.717, 1.165) is 0 Å². The summed E-state index contributed by atoms with van der Waals surface area (Å²) in [7, 11) is 0. The van der Waals surface area contributed by atoms with Gasteiger partial charge in [0.2, 0.25) is 6.29 Å². The summed E-state index contributed by atoms with van der Waals surface area (Å²) in [5.74, 6) is 2.24. The maximum Gasteiger partial charge on any atom is 0.508 e. The molecule has 0 bridgehead atoms. The average molecular weight is 261 g/mol. The summed E-state index contributed by atoms with van der Waals surface area (Å²) in [5.41, 5.74) is 0. The first-order chi connectivity index (χ1) is 8.51. The van der Waals surface area contributed by atoms with Gasteiger partial charge in [-0.05, 0) is 0 Å². The zero-order chi connectivity index (χ0) is 13.7. The molecule has 5 atom stereocenters. The van der Waals surface area contributed by atoms with Crippen molar-refractivity contribution in [2.45, 2.75) is 30.6 Å². The van der Waals surface area contributed by atoms with E-state index in [2.05, 4.69) is 16.0 Å². The minimum absolute atomic E-state index is 0.0288. The van der Waals surface area contributed by atoms with E-state index in [4.69, 9.17) is 21.4 Å². The third-order valence-corrected chi connectivity index (χ3v) is 2.54. The number of aliphatic hydroxyl groups is 3. The molecular weight excluding hydrogens is 246 g/mol. The molecule has 1 saturated heterocycles. The van der Waals surface area contributed by atoms with Crippen LogP contribution in [0.4, 0.5) is 4.79 Å². The lowest BCUT2D eigenvalue weighted by atomic mass is 9.97. The first kappa shape index (κ1) is 14.7. The van der Waals surface area contributed by atoms with Crippen LogP contribution in [0.3, 0.4) is 0 Å². The number of nitrogens with one attached hydrogen (secondary N) is 1. The molecule has 1 fully saturated rings. The lowest BCUT2D eigenvalue weighted by Gasteiger charge is -2.41. The maximum atomic E-state index is 10.5. The van der Waals surface area contributed by atoms with Crippen LogP contribution in [0.1, 0.15) is 0 Å². The first-order valence-corrected chi connectivity index (χ1v) is 5.20. The van der Waals surface area contributed by atoms with Crippen molar-refractivity contribution in [2.75, 3.05) is 13.2 Å². The Morgan fingerprint density at radius 1 is 1.44 bits per heavy atom. The highest BCUT2D eigenvalue weighted by Gasteiger charge is 2.45. The molecular formula is C10H15NO7. The van der Waals surface area contributed by atoms with Crippen molar-refractivity contribution in [1.82, 2.24) is 5.32 Å². The van der Waals surface area contributed by atoms with Gasteiger partial charge >= 0.3 is 6.16 Å². The predicted molar refractivity (Wildman–Crippen MR) is 57.5 cm³/mol. The molecule has 8 heteroatoms. The van der Waals surface area contributed by atoms with Gasteiger partial charge in [-0.3, -0.25) is 5.32 Å². The second kappa shape index (κ2) is 6.53. The number of ether oxygens (including phenoxy) is 2. The SMILES string of the molecule is C#CCN[C@@H]1C(OC(=O)O)O[C@H](CO)[C@@H](O)[C@@H]1O. The Morgan fingerprint density at radius 3 is 2.61 bits per heavy atom. The Kier molecular flexibility index (Phi) is 5.33. The lowest BCUT2D eigenvalue weighted by molar-refractivity contribution is -0.256. The smallest absolute Gasteiger partial charge is 0.450 e. The van der Waals surface area contributed by atoms with Gasteiger partial charge in [-0.1, -0.05) is 5.92 Å². The molecule has 0 aromatic heterocycles. The molecule has 0 spiro atoms. The highest BCUT2D eigenvalue weighted by molar-refractivity contribution is 5.57. The van der Waals surface area contributed by atoms with E-state index >= 15 is 0 Å². The molecule has 0 aromatic rings. The lowest BCUT2D eigenvalue weighted by Crippen LogP contribution is -2.64. The van der Waals surface area contributed by atoms with Crippen molar-refractivity contribution in [3.05, 3.63) is 0 Å². The Morgan fingerprint density at radius 2 is 2.11 bits per heavy atom. The summed E-state index contributed by atoms with van der Waals surface area (Å²) in [4.78, 5) is 10.5. The maximum absolute atomic E-state index is 10.5. The molecule has 1 rings (SSSR count). The van der Waals surface area contributed by atoms with E-state index in [0.29, 0.717) is 0 Å². The van der Waals surface area contributed by atoms with Gasteiger partial charge in [0.05, 0.1) is 19.2 Å². The Labute approximate surface area is 103 Å². The van der Waals surface area contributed by atoms with Crippen molar-refractivity contribution in [3.63, 3.8) is 0 Å². The summed E-state index contributed by atoms with van der Waals surface area (Å²) in [6, 6.07) is -1.02. The van der Waals surface area contributed by atoms with Gasteiger partial charge in [-0.2, -0.15) is 0 Å². The monoisotopic (exact) mass is 261 g/mol. The van der Waals surface area contributed by atoms with Crippen LogP contribution < -0.4 is 5.32 Å². The van der Waals surface area contributed by atoms with Crippen LogP contribution in [-0.2, 0) is 9.47 Å². The number of terminal acetylenes is 1. The molecule has 0 saturated carbocycles. The van der Waals surface area contributed by atoms with Crippen molar-refractivity contribution in [3.8, 4) is 12.3 Å². The molecule has 1 unspecified atom stereocenters. The van der Waals surface area contributed by atoms with Crippen molar-refractivity contribution in [2.24, 2.45) is 0 Å². The van der Waals surface area contributed by atoms with Crippen molar-refractivity contribution < 1.29 is 34.7 Å². The molecule has 1 heterocycles. The second-order valence-electron chi connectivity index (χ2n) is 3.70. The topological polar surface area (TPSA) is 128 Å². The predicted octanol–water partition coefficient (Wildman–Crippen LogP) is -2.29. The van der Waals surface area contributed by atoms with Gasteiger partial charge < -0.3 is 29.9 Å². The van der Waals surface area contributed by atoms with E-state index < -0.39 is 43.4 Å². The van der Waals surface area contributed by atoms with Crippen LogP contribution in [0.2, 0.25) is 0 Å². The van der Waals surface area contributed by atoms with E-state index in [9.17, 15) is 15.0 Å². The Hall–Kier alpha value is -1.37. The van der Waals surface area contributed by atoms with Crippen LogP contribution in [0, 0.1) is 12.3 Å². The molecule has 0 amide bonds. The normalized spacial score (nSPS) is 35.8. The molecule has 1 aliphatic rings. The van der Waals surface area contributed by atoms with Gasteiger partial charge in [0.25, 0.3) is 0 Å². The van der Waals surface area contributed by atoms with Gasteiger partial charge in [0, 0.05) is 0 Å². The minimum Gasteiger partial charge on any atom is -0.450 e. The Balaban J connectivity index is 2.80. The fourth-order valence-electron chi connectivity index (χ4n) is 1.68. The van der Waals surface area contributed by atoms with E-state index in [1.165, 1.54) is 0 Å². The van der Waals surface area contributed by atoms with Crippen molar-refractivity contribution in [1.29, 1.82) is 0 Å². The number of hydrogen-bond donors (Lipinski definition) is 5. The summed E-state index contributed by atoms with van der Waals surface area (Å²) >= 11 is 0. The third kappa shape index (κ3) is 3.32. The van der Waals surface area contributed by atoms with E-state index in [1.807, 2.05) is 0 Å². The van der Waals surface area contributed by atoms with Gasteiger partial charge in [0.1, 0.15) is 18.3 Å². The molecule has 5 N–H and O–H groups in total. The van der Waals surface area contributed by atoms with Crippen LogP contribution in [0.25, 0.3) is 0 Å². The largest absolute Gasteiger partial charge is 0.508 e. The molecule has 102 valence electrons.